The minimum Gasteiger partial charge on any atom is -0.350 e. The first-order valence-electron chi connectivity index (χ1n) is 6.28. The molecule has 1 aromatic rings. The lowest BCUT2D eigenvalue weighted by molar-refractivity contribution is -0.124. The molecule has 1 aliphatic heterocycles. The highest BCUT2D eigenvalue weighted by atomic mass is 16.2. The van der Waals surface area contributed by atoms with Crippen molar-refractivity contribution in [2.45, 2.75) is 44.3 Å². The van der Waals surface area contributed by atoms with Crippen molar-refractivity contribution in [2.24, 2.45) is 0 Å². The molecular weight excluding hydrogens is 212 g/mol. The summed E-state index contributed by atoms with van der Waals surface area (Å²) in [4.78, 5) is 12.1. The van der Waals surface area contributed by atoms with E-state index in [0.29, 0.717) is 0 Å². The molecule has 0 unspecified atom stereocenters. The van der Waals surface area contributed by atoms with Crippen LogP contribution >= 0.6 is 0 Å². The Morgan fingerprint density at radius 3 is 2.76 bits per heavy atom. The average Bonchev–Trinajstić information content (AvgIpc) is 3.06. The fraction of sp³-hybridized carbons (Fsp3) is 0.500. The summed E-state index contributed by atoms with van der Waals surface area (Å²) in [6.45, 7) is 2.91. The Bertz CT molecular complexity index is 451. The van der Waals surface area contributed by atoms with Crippen LogP contribution in [0.3, 0.4) is 0 Å². The van der Waals surface area contributed by atoms with Crippen molar-refractivity contribution in [2.75, 3.05) is 0 Å². The van der Waals surface area contributed by atoms with Crippen LogP contribution in [0, 0.1) is 0 Å². The van der Waals surface area contributed by atoms with Crippen molar-refractivity contribution >= 4 is 5.91 Å². The zero-order valence-corrected chi connectivity index (χ0v) is 10.1. The Balaban J connectivity index is 1.69. The van der Waals surface area contributed by atoms with Crippen molar-refractivity contribution in [3.63, 3.8) is 0 Å². The molecule has 0 saturated heterocycles. The summed E-state index contributed by atoms with van der Waals surface area (Å²) in [7, 11) is 0. The Hall–Kier alpha value is -1.35. The average molecular weight is 230 g/mol. The topological polar surface area (TPSA) is 41.1 Å². The molecule has 3 rings (SSSR count). The fourth-order valence-corrected chi connectivity index (χ4v) is 2.34. The number of hydrogen-bond acceptors (Lipinski definition) is 2. The number of amides is 1. The van der Waals surface area contributed by atoms with Gasteiger partial charge in [0.2, 0.25) is 5.91 Å². The fourth-order valence-electron chi connectivity index (χ4n) is 2.34. The van der Waals surface area contributed by atoms with Crippen LogP contribution in [0.15, 0.2) is 24.3 Å². The van der Waals surface area contributed by atoms with E-state index in [0.717, 1.165) is 25.8 Å². The molecule has 1 amide bonds. The van der Waals surface area contributed by atoms with Crippen molar-refractivity contribution in [1.82, 2.24) is 10.6 Å². The molecule has 1 saturated carbocycles. The molecule has 0 aromatic heterocycles. The number of fused-ring (bicyclic) bond motifs is 1. The summed E-state index contributed by atoms with van der Waals surface area (Å²) in [6, 6.07) is 8.27. The maximum Gasteiger partial charge on any atom is 0.237 e. The van der Waals surface area contributed by atoms with E-state index in [1.165, 1.54) is 11.1 Å². The van der Waals surface area contributed by atoms with E-state index in [1.54, 1.807) is 0 Å². The number of rotatable bonds is 2. The molecular formula is C14H18N2O. The first-order chi connectivity index (χ1) is 8.16. The lowest BCUT2D eigenvalue weighted by Crippen LogP contribution is -2.50. The van der Waals surface area contributed by atoms with Gasteiger partial charge in [-0.3, -0.25) is 4.79 Å². The van der Waals surface area contributed by atoms with Crippen molar-refractivity contribution in [3.05, 3.63) is 35.4 Å². The highest BCUT2D eigenvalue weighted by Crippen LogP contribution is 2.34. The van der Waals surface area contributed by atoms with Crippen LogP contribution in [0.4, 0.5) is 0 Å². The summed E-state index contributed by atoms with van der Waals surface area (Å²) in [6.07, 6.45) is 3.03. The van der Waals surface area contributed by atoms with Gasteiger partial charge in [-0.25, -0.2) is 0 Å². The highest BCUT2D eigenvalue weighted by Gasteiger charge is 2.40. The molecule has 1 heterocycles. The van der Waals surface area contributed by atoms with E-state index in [1.807, 2.05) is 12.1 Å². The lowest BCUT2D eigenvalue weighted by atomic mass is 9.95. The van der Waals surface area contributed by atoms with Crippen LogP contribution in [0.25, 0.3) is 0 Å². The van der Waals surface area contributed by atoms with Gasteiger partial charge in [0.05, 0.1) is 6.04 Å². The number of nitrogens with one attached hydrogen (secondary N) is 2. The molecule has 3 nitrogen and oxygen atoms in total. The molecule has 1 fully saturated rings. The third kappa shape index (κ3) is 2.20. The Labute approximate surface area is 102 Å². The van der Waals surface area contributed by atoms with Crippen molar-refractivity contribution in [1.29, 1.82) is 0 Å². The Morgan fingerprint density at radius 2 is 2.06 bits per heavy atom. The van der Waals surface area contributed by atoms with E-state index >= 15 is 0 Å². The first kappa shape index (κ1) is 10.8. The van der Waals surface area contributed by atoms with Crippen LogP contribution in [0.2, 0.25) is 0 Å². The second kappa shape index (κ2) is 3.84. The maximum atomic E-state index is 12.1. The van der Waals surface area contributed by atoms with Gasteiger partial charge in [-0.15, -0.1) is 0 Å². The summed E-state index contributed by atoms with van der Waals surface area (Å²) < 4.78 is 0. The standard InChI is InChI=1S/C14H18N2O/c1-14(6-7-14)16-13(17)12-8-10-4-2-3-5-11(10)9-15-12/h2-5,12,15H,6-9H2,1H3,(H,16,17)/t12-/m0/s1. The summed E-state index contributed by atoms with van der Waals surface area (Å²) in [5.41, 5.74) is 2.69. The summed E-state index contributed by atoms with van der Waals surface area (Å²) in [5, 5.41) is 6.44. The SMILES string of the molecule is CC1(NC(=O)[C@@H]2Cc3ccccc3CN2)CC1. The third-order valence-corrected chi connectivity index (χ3v) is 3.82. The molecule has 0 bridgehead atoms. The van der Waals surface area contributed by atoms with Crippen LogP contribution < -0.4 is 10.6 Å². The van der Waals surface area contributed by atoms with Gasteiger partial charge >= 0.3 is 0 Å². The zero-order valence-electron chi connectivity index (χ0n) is 10.1. The predicted octanol–water partition coefficient (Wildman–Crippen LogP) is 1.37. The molecule has 2 N–H and O–H groups in total. The van der Waals surface area contributed by atoms with E-state index in [2.05, 4.69) is 29.7 Å². The van der Waals surface area contributed by atoms with Gasteiger partial charge in [0, 0.05) is 12.1 Å². The molecule has 1 aromatic carbocycles. The van der Waals surface area contributed by atoms with Gasteiger partial charge in [0.1, 0.15) is 0 Å². The third-order valence-electron chi connectivity index (χ3n) is 3.82. The highest BCUT2D eigenvalue weighted by molar-refractivity contribution is 5.83. The van der Waals surface area contributed by atoms with Gasteiger partial charge in [-0.1, -0.05) is 24.3 Å². The monoisotopic (exact) mass is 230 g/mol. The Morgan fingerprint density at radius 1 is 1.35 bits per heavy atom. The van der Waals surface area contributed by atoms with Gasteiger partial charge in [-0.2, -0.15) is 0 Å². The molecule has 0 radical (unpaired) electrons. The van der Waals surface area contributed by atoms with Gasteiger partial charge in [-0.05, 0) is 37.3 Å². The normalized spacial score (nSPS) is 24.9. The summed E-state index contributed by atoms with van der Waals surface area (Å²) >= 11 is 0. The van der Waals surface area contributed by atoms with Gasteiger partial charge in [0.25, 0.3) is 0 Å². The lowest BCUT2D eigenvalue weighted by Gasteiger charge is -2.26. The van der Waals surface area contributed by atoms with Crippen LogP contribution in [0.5, 0.6) is 0 Å². The number of carbonyl (C=O) groups excluding carboxylic acids is 1. The van der Waals surface area contributed by atoms with Gasteiger partial charge in [0.15, 0.2) is 0 Å². The maximum absolute atomic E-state index is 12.1. The van der Waals surface area contributed by atoms with Crippen LogP contribution in [-0.2, 0) is 17.8 Å². The van der Waals surface area contributed by atoms with E-state index in [4.69, 9.17) is 0 Å². The predicted molar refractivity (Wildman–Crippen MR) is 66.6 cm³/mol. The van der Waals surface area contributed by atoms with Crippen molar-refractivity contribution in [3.8, 4) is 0 Å². The van der Waals surface area contributed by atoms with E-state index in [-0.39, 0.29) is 17.5 Å². The molecule has 90 valence electrons. The zero-order chi connectivity index (χ0) is 11.9. The number of carbonyl (C=O) groups is 1. The minimum atomic E-state index is -0.0673. The Kier molecular flexibility index (Phi) is 2.44. The molecule has 3 heteroatoms. The van der Waals surface area contributed by atoms with E-state index in [9.17, 15) is 4.79 Å². The number of hydrogen-bond donors (Lipinski definition) is 2. The minimum absolute atomic E-state index is 0.0673. The molecule has 0 spiro atoms. The second-order valence-electron chi connectivity index (χ2n) is 5.46. The molecule has 17 heavy (non-hydrogen) atoms. The smallest absolute Gasteiger partial charge is 0.237 e. The molecule has 1 atom stereocenters. The number of benzene rings is 1. The quantitative estimate of drug-likeness (QED) is 0.805. The van der Waals surface area contributed by atoms with Crippen LogP contribution in [0.1, 0.15) is 30.9 Å². The first-order valence-corrected chi connectivity index (χ1v) is 6.28. The largest absolute Gasteiger partial charge is 0.350 e. The molecule has 2 aliphatic rings. The second-order valence-corrected chi connectivity index (χ2v) is 5.46. The van der Waals surface area contributed by atoms with Crippen molar-refractivity contribution < 1.29 is 4.79 Å². The summed E-state index contributed by atoms with van der Waals surface area (Å²) in [5.74, 6) is 0.152. The van der Waals surface area contributed by atoms with Crippen LogP contribution in [-0.4, -0.2) is 17.5 Å². The van der Waals surface area contributed by atoms with Gasteiger partial charge < -0.3 is 10.6 Å². The van der Waals surface area contributed by atoms with E-state index < -0.39 is 0 Å². The molecule has 1 aliphatic carbocycles.